The molecule has 0 amide bonds. The molecule has 4 aromatic rings. The molecule has 7 nitrogen and oxygen atoms in total. The third-order valence-electron chi connectivity index (χ3n) is 4.92. The molecule has 0 radical (unpaired) electrons. The Kier molecular flexibility index (Phi) is 4.95. The van der Waals surface area contributed by atoms with Crippen molar-refractivity contribution >= 4 is 22.8 Å². The molecular weight excluding hydrogens is 411 g/mol. The molecule has 2 aromatic heterocycles. The van der Waals surface area contributed by atoms with E-state index in [9.17, 15) is 14.0 Å². The van der Waals surface area contributed by atoms with Crippen LogP contribution in [0.4, 0.5) is 4.39 Å². The molecule has 154 valence electrons. The van der Waals surface area contributed by atoms with Crippen LogP contribution in [0, 0.1) is 12.7 Å². The van der Waals surface area contributed by atoms with E-state index in [-0.39, 0.29) is 34.3 Å². The second-order valence-electron chi connectivity index (χ2n) is 6.97. The Hall–Kier alpha value is -3.39. The van der Waals surface area contributed by atoms with Gasteiger partial charge in [-0.1, -0.05) is 35.4 Å². The Bertz CT molecular complexity index is 1370. The van der Waals surface area contributed by atoms with Crippen LogP contribution < -0.4 is 16.0 Å². The number of aryl methyl sites for hydroxylation is 2. The van der Waals surface area contributed by atoms with Crippen molar-refractivity contribution < 1.29 is 9.13 Å². The van der Waals surface area contributed by atoms with Crippen LogP contribution in [0.25, 0.3) is 11.2 Å². The monoisotopic (exact) mass is 428 g/mol. The van der Waals surface area contributed by atoms with E-state index in [0.717, 1.165) is 10.1 Å². The minimum Gasteiger partial charge on any atom is -0.425 e. The van der Waals surface area contributed by atoms with Gasteiger partial charge in [0.15, 0.2) is 11.2 Å². The van der Waals surface area contributed by atoms with Crippen LogP contribution in [0.2, 0.25) is 5.02 Å². The maximum atomic E-state index is 14.5. The first kappa shape index (κ1) is 19.9. The average Bonchev–Trinajstić information content (AvgIpc) is 3.07. The highest BCUT2D eigenvalue weighted by molar-refractivity contribution is 6.31. The highest BCUT2D eigenvalue weighted by Crippen LogP contribution is 2.28. The van der Waals surface area contributed by atoms with Crippen LogP contribution >= 0.6 is 11.6 Å². The first-order chi connectivity index (χ1) is 14.3. The van der Waals surface area contributed by atoms with Crippen LogP contribution in [0.3, 0.4) is 0 Å². The summed E-state index contributed by atoms with van der Waals surface area (Å²) in [6.07, 6.45) is 0. The number of aromatic nitrogens is 4. The number of nitrogens with zero attached hydrogens (tertiary/aromatic N) is 4. The lowest BCUT2D eigenvalue weighted by Crippen LogP contribution is -2.37. The Morgan fingerprint density at radius 1 is 1.07 bits per heavy atom. The third kappa shape index (κ3) is 3.29. The maximum Gasteiger partial charge on any atom is 0.332 e. The van der Waals surface area contributed by atoms with E-state index < -0.39 is 17.1 Å². The van der Waals surface area contributed by atoms with Gasteiger partial charge in [0.25, 0.3) is 5.56 Å². The summed E-state index contributed by atoms with van der Waals surface area (Å²) in [5.41, 5.74) is 0.391. The van der Waals surface area contributed by atoms with Gasteiger partial charge in [-0.2, -0.15) is 4.98 Å². The molecule has 0 atom stereocenters. The van der Waals surface area contributed by atoms with Gasteiger partial charge in [-0.3, -0.25) is 18.5 Å². The maximum absolute atomic E-state index is 14.5. The Labute approximate surface area is 175 Å². The summed E-state index contributed by atoms with van der Waals surface area (Å²) in [4.78, 5) is 29.6. The van der Waals surface area contributed by atoms with Crippen molar-refractivity contribution in [1.82, 2.24) is 18.7 Å². The lowest BCUT2D eigenvalue weighted by Gasteiger charge is -2.12. The minimum absolute atomic E-state index is 0.0477. The molecule has 30 heavy (non-hydrogen) atoms. The summed E-state index contributed by atoms with van der Waals surface area (Å²) in [6.45, 7) is 1.84. The van der Waals surface area contributed by atoms with E-state index in [0.29, 0.717) is 5.75 Å². The fraction of sp³-hybridized carbons (Fsp3) is 0.190. The molecule has 0 saturated heterocycles. The predicted molar refractivity (Wildman–Crippen MR) is 112 cm³/mol. The van der Waals surface area contributed by atoms with Crippen molar-refractivity contribution in [3.63, 3.8) is 0 Å². The molecule has 0 saturated carbocycles. The standard InChI is InChI=1S/C21H18ClFN4O3/c1-12-7-9-13(10-8-12)30-20-24-18-17(19(28)26(3)21(29)25(18)2)27(20)11-14-15(22)5-4-6-16(14)23/h4-10H,11H2,1-3H3. The van der Waals surface area contributed by atoms with Gasteiger partial charge in [0.05, 0.1) is 6.54 Å². The first-order valence-electron chi connectivity index (χ1n) is 9.11. The summed E-state index contributed by atoms with van der Waals surface area (Å²) >= 11 is 6.20. The fourth-order valence-corrected chi connectivity index (χ4v) is 3.43. The van der Waals surface area contributed by atoms with Crippen molar-refractivity contribution in [2.75, 3.05) is 0 Å². The lowest BCUT2D eigenvalue weighted by molar-refractivity contribution is 0.419. The smallest absolute Gasteiger partial charge is 0.332 e. The van der Waals surface area contributed by atoms with E-state index in [1.54, 1.807) is 18.2 Å². The second kappa shape index (κ2) is 7.46. The van der Waals surface area contributed by atoms with Crippen LogP contribution in [0.1, 0.15) is 11.1 Å². The van der Waals surface area contributed by atoms with Crippen molar-refractivity contribution in [3.8, 4) is 11.8 Å². The summed E-state index contributed by atoms with van der Waals surface area (Å²) in [5.74, 6) is -0.0362. The van der Waals surface area contributed by atoms with E-state index in [2.05, 4.69) is 4.98 Å². The number of fused-ring (bicyclic) bond motifs is 1. The van der Waals surface area contributed by atoms with Gasteiger partial charge >= 0.3 is 11.7 Å². The molecule has 0 bridgehead atoms. The van der Waals surface area contributed by atoms with Crippen molar-refractivity contribution in [3.05, 3.63) is 85.3 Å². The number of rotatable bonds is 4. The van der Waals surface area contributed by atoms with Crippen molar-refractivity contribution in [2.24, 2.45) is 14.1 Å². The molecule has 0 aliphatic rings. The summed E-state index contributed by atoms with van der Waals surface area (Å²) in [6, 6.07) is 11.6. The van der Waals surface area contributed by atoms with Gasteiger partial charge in [-0.25, -0.2) is 9.18 Å². The average molecular weight is 429 g/mol. The second-order valence-corrected chi connectivity index (χ2v) is 7.38. The van der Waals surface area contributed by atoms with Gasteiger partial charge < -0.3 is 4.74 Å². The third-order valence-corrected chi connectivity index (χ3v) is 5.28. The first-order valence-corrected chi connectivity index (χ1v) is 9.49. The number of benzene rings is 2. The molecule has 2 heterocycles. The van der Waals surface area contributed by atoms with Crippen molar-refractivity contribution in [1.29, 1.82) is 0 Å². The van der Waals surface area contributed by atoms with E-state index >= 15 is 0 Å². The summed E-state index contributed by atoms with van der Waals surface area (Å²) in [7, 11) is 2.88. The van der Waals surface area contributed by atoms with E-state index in [1.807, 2.05) is 19.1 Å². The molecule has 0 unspecified atom stereocenters. The molecule has 0 N–H and O–H groups in total. The summed E-state index contributed by atoms with van der Waals surface area (Å²) < 4.78 is 24.0. The van der Waals surface area contributed by atoms with Gasteiger partial charge in [0.2, 0.25) is 0 Å². The zero-order valence-electron chi connectivity index (χ0n) is 16.5. The highest BCUT2D eigenvalue weighted by Gasteiger charge is 2.22. The number of halogens is 2. The lowest BCUT2D eigenvalue weighted by atomic mass is 10.2. The summed E-state index contributed by atoms with van der Waals surface area (Å²) in [5, 5.41) is 0.208. The quantitative estimate of drug-likeness (QED) is 0.499. The van der Waals surface area contributed by atoms with Crippen LogP contribution in [-0.2, 0) is 20.6 Å². The molecule has 0 aliphatic carbocycles. The Morgan fingerprint density at radius 2 is 1.77 bits per heavy atom. The zero-order chi connectivity index (χ0) is 21.6. The predicted octanol–water partition coefficient (Wildman–Crippen LogP) is 3.38. The van der Waals surface area contributed by atoms with Crippen LogP contribution in [-0.4, -0.2) is 18.7 Å². The topological polar surface area (TPSA) is 71.1 Å². The molecular formula is C21H18ClFN4O3. The number of imidazole rings is 1. The van der Waals surface area contributed by atoms with Crippen LogP contribution in [0.15, 0.2) is 52.1 Å². The number of hydrogen-bond donors (Lipinski definition) is 0. The zero-order valence-corrected chi connectivity index (χ0v) is 17.3. The Balaban J connectivity index is 1.98. The van der Waals surface area contributed by atoms with Gasteiger partial charge in [-0.15, -0.1) is 0 Å². The number of hydrogen-bond acceptors (Lipinski definition) is 4. The normalized spacial score (nSPS) is 11.2. The molecule has 0 fully saturated rings. The minimum atomic E-state index is -0.563. The van der Waals surface area contributed by atoms with Gasteiger partial charge in [-0.05, 0) is 31.2 Å². The molecule has 4 rings (SSSR count). The molecule has 0 aliphatic heterocycles. The van der Waals surface area contributed by atoms with Crippen molar-refractivity contribution in [2.45, 2.75) is 13.5 Å². The number of ether oxygens (including phenoxy) is 1. The highest BCUT2D eigenvalue weighted by atomic mass is 35.5. The SMILES string of the molecule is Cc1ccc(Oc2nc3c(c(=O)n(C)c(=O)n3C)n2Cc2c(F)cccc2Cl)cc1. The van der Waals surface area contributed by atoms with Gasteiger partial charge in [0, 0.05) is 24.7 Å². The van der Waals surface area contributed by atoms with Crippen LogP contribution in [0.5, 0.6) is 11.8 Å². The Morgan fingerprint density at radius 3 is 2.43 bits per heavy atom. The molecule has 9 heteroatoms. The van der Waals surface area contributed by atoms with E-state index in [1.165, 1.54) is 35.4 Å². The van der Waals surface area contributed by atoms with E-state index in [4.69, 9.17) is 16.3 Å². The van der Waals surface area contributed by atoms with Gasteiger partial charge in [0.1, 0.15) is 11.6 Å². The fourth-order valence-electron chi connectivity index (χ4n) is 3.20. The largest absolute Gasteiger partial charge is 0.425 e. The molecule has 0 spiro atoms. The molecule has 2 aromatic carbocycles.